The van der Waals surface area contributed by atoms with Crippen molar-refractivity contribution in [3.8, 4) is 11.1 Å². The molecular weight excluding hydrogens is 457 g/mol. The molecule has 0 bridgehead atoms. The van der Waals surface area contributed by atoms with Crippen LogP contribution in [0.2, 0.25) is 0 Å². The van der Waals surface area contributed by atoms with Crippen molar-refractivity contribution < 1.29 is 18.0 Å². The number of rotatable bonds is 3. The van der Waals surface area contributed by atoms with Crippen molar-refractivity contribution in [1.82, 2.24) is 9.55 Å². The van der Waals surface area contributed by atoms with E-state index in [0.717, 1.165) is 28.2 Å². The minimum absolute atomic E-state index is 0.0129. The molecule has 0 aliphatic carbocycles. The lowest BCUT2D eigenvalue weighted by Gasteiger charge is -2.15. The highest BCUT2D eigenvalue weighted by Crippen LogP contribution is 2.33. The number of anilines is 2. The third-order valence-electron chi connectivity index (χ3n) is 5.83. The summed E-state index contributed by atoms with van der Waals surface area (Å²) < 4.78 is 41.1. The highest BCUT2D eigenvalue weighted by atomic mass is 19.4. The van der Waals surface area contributed by atoms with Crippen molar-refractivity contribution in [2.75, 3.05) is 10.6 Å². The van der Waals surface area contributed by atoms with Gasteiger partial charge in [0.25, 0.3) is 5.56 Å². The second-order valence-electron chi connectivity index (χ2n) is 8.44. The van der Waals surface area contributed by atoms with Gasteiger partial charge in [-0.1, -0.05) is 12.1 Å². The van der Waals surface area contributed by atoms with Crippen molar-refractivity contribution in [3.05, 3.63) is 87.5 Å². The molecule has 2 N–H and O–H groups in total. The Balaban J connectivity index is 1.64. The van der Waals surface area contributed by atoms with Crippen LogP contribution in [-0.2, 0) is 13.2 Å². The Morgan fingerprint density at radius 2 is 1.51 bits per heavy atom. The highest BCUT2D eigenvalue weighted by molar-refractivity contribution is 6.00. The van der Waals surface area contributed by atoms with Gasteiger partial charge < -0.3 is 15.2 Å². The molecule has 0 spiro atoms. The number of halogens is 3. The number of carbonyl (C=O) groups excluding carboxylic acids is 1. The van der Waals surface area contributed by atoms with Crippen LogP contribution in [0.15, 0.2) is 59.5 Å². The fourth-order valence-electron chi connectivity index (χ4n) is 3.95. The van der Waals surface area contributed by atoms with Gasteiger partial charge in [-0.05, 0) is 73.9 Å². The zero-order chi connectivity index (χ0) is 25.5. The van der Waals surface area contributed by atoms with Crippen LogP contribution in [-0.4, -0.2) is 15.6 Å². The number of nitrogens with one attached hydrogen (secondary N) is 2. The van der Waals surface area contributed by atoms with Crippen LogP contribution in [0.3, 0.4) is 0 Å². The van der Waals surface area contributed by atoms with Crippen LogP contribution in [0.25, 0.3) is 22.0 Å². The van der Waals surface area contributed by atoms with E-state index < -0.39 is 17.8 Å². The second kappa shape index (κ2) is 8.90. The summed E-state index contributed by atoms with van der Waals surface area (Å²) in [5.41, 5.74) is 2.89. The number of hydrogen-bond donors (Lipinski definition) is 2. The summed E-state index contributed by atoms with van der Waals surface area (Å²) in [6.07, 6.45) is -2.82. The lowest BCUT2D eigenvalue weighted by Crippen LogP contribution is -2.21. The molecule has 0 fully saturated rings. The Bertz CT molecular complexity index is 1520. The van der Waals surface area contributed by atoms with Crippen molar-refractivity contribution in [2.24, 2.45) is 7.05 Å². The minimum atomic E-state index is -4.52. The predicted molar refractivity (Wildman–Crippen MR) is 131 cm³/mol. The summed E-state index contributed by atoms with van der Waals surface area (Å²) in [6, 6.07) is 11.6. The molecule has 6 nitrogen and oxygen atoms in total. The number of nitrogens with zero attached hydrogens (tertiary/aromatic N) is 2. The van der Waals surface area contributed by atoms with Gasteiger partial charge in [0, 0.05) is 41.3 Å². The first kappa shape index (κ1) is 24.0. The maximum Gasteiger partial charge on any atom is 0.416 e. The molecule has 4 aromatic rings. The molecule has 9 heteroatoms. The number of alkyl halides is 3. The molecule has 0 saturated carbocycles. The van der Waals surface area contributed by atoms with Gasteiger partial charge in [-0.25, -0.2) is 4.79 Å². The highest BCUT2D eigenvalue weighted by Gasteiger charge is 2.32. The van der Waals surface area contributed by atoms with Crippen LogP contribution in [0.1, 0.15) is 22.4 Å². The topological polar surface area (TPSA) is 76.0 Å². The SMILES string of the molecule is Cc1cc2c(cn1)cc(-c1cc(NC(=O)Nc3ccc(C)c(C(F)(F)F)c3)ccc1C)c(=O)n2C. The largest absolute Gasteiger partial charge is 0.416 e. The van der Waals surface area contributed by atoms with E-state index in [0.29, 0.717) is 16.8 Å². The molecule has 180 valence electrons. The van der Waals surface area contributed by atoms with E-state index in [-0.39, 0.29) is 16.8 Å². The van der Waals surface area contributed by atoms with Crippen molar-refractivity contribution in [2.45, 2.75) is 26.9 Å². The van der Waals surface area contributed by atoms with E-state index in [1.807, 2.05) is 19.9 Å². The summed E-state index contributed by atoms with van der Waals surface area (Å²) in [7, 11) is 1.69. The minimum Gasteiger partial charge on any atom is -0.311 e. The summed E-state index contributed by atoms with van der Waals surface area (Å²) in [5.74, 6) is 0. The molecule has 0 saturated heterocycles. The normalized spacial score (nSPS) is 11.5. The molecule has 0 radical (unpaired) electrons. The van der Waals surface area contributed by atoms with Crippen LogP contribution >= 0.6 is 0 Å². The van der Waals surface area contributed by atoms with Gasteiger partial charge in [0.15, 0.2) is 0 Å². The summed E-state index contributed by atoms with van der Waals surface area (Å²) in [6.45, 7) is 5.05. The van der Waals surface area contributed by atoms with Gasteiger partial charge in [-0.3, -0.25) is 9.78 Å². The first-order valence-corrected chi connectivity index (χ1v) is 10.8. The number of aryl methyl sites for hydroxylation is 4. The number of aromatic nitrogens is 2. The smallest absolute Gasteiger partial charge is 0.311 e. The van der Waals surface area contributed by atoms with Gasteiger partial charge in [0.2, 0.25) is 0 Å². The first-order chi connectivity index (χ1) is 16.4. The number of pyridine rings is 2. The van der Waals surface area contributed by atoms with E-state index in [1.54, 1.807) is 42.1 Å². The van der Waals surface area contributed by atoms with Gasteiger partial charge in [0.05, 0.1) is 11.1 Å². The van der Waals surface area contributed by atoms with Gasteiger partial charge in [-0.15, -0.1) is 0 Å². The molecule has 0 atom stereocenters. The molecule has 0 aliphatic rings. The van der Waals surface area contributed by atoms with E-state index in [1.165, 1.54) is 19.1 Å². The average molecular weight is 480 g/mol. The second-order valence-corrected chi connectivity index (χ2v) is 8.44. The summed E-state index contributed by atoms with van der Waals surface area (Å²) >= 11 is 0. The number of carbonyl (C=O) groups is 1. The van der Waals surface area contributed by atoms with Crippen molar-refractivity contribution >= 4 is 28.3 Å². The maximum atomic E-state index is 13.2. The molecule has 2 heterocycles. The van der Waals surface area contributed by atoms with E-state index in [4.69, 9.17) is 0 Å². The first-order valence-electron chi connectivity index (χ1n) is 10.8. The third-order valence-corrected chi connectivity index (χ3v) is 5.83. The number of urea groups is 1. The molecule has 4 rings (SSSR count). The molecule has 0 aliphatic heterocycles. The number of benzene rings is 2. The predicted octanol–water partition coefficient (Wildman–Crippen LogP) is 6.19. The van der Waals surface area contributed by atoms with Crippen molar-refractivity contribution in [3.63, 3.8) is 0 Å². The lowest BCUT2D eigenvalue weighted by molar-refractivity contribution is -0.138. The van der Waals surface area contributed by atoms with Crippen LogP contribution in [0.4, 0.5) is 29.3 Å². The average Bonchev–Trinajstić information content (AvgIpc) is 2.78. The quantitative estimate of drug-likeness (QED) is 0.367. The molecule has 35 heavy (non-hydrogen) atoms. The molecule has 2 aromatic carbocycles. The Kier molecular flexibility index (Phi) is 6.10. The maximum absolute atomic E-state index is 13.2. The van der Waals surface area contributed by atoms with Gasteiger partial charge in [0.1, 0.15) is 0 Å². The van der Waals surface area contributed by atoms with E-state index in [9.17, 15) is 22.8 Å². The number of amides is 2. The lowest BCUT2D eigenvalue weighted by atomic mass is 9.99. The fourth-order valence-corrected chi connectivity index (χ4v) is 3.95. The van der Waals surface area contributed by atoms with Gasteiger partial charge in [-0.2, -0.15) is 13.2 Å². The zero-order valence-corrected chi connectivity index (χ0v) is 19.5. The van der Waals surface area contributed by atoms with Crippen molar-refractivity contribution in [1.29, 1.82) is 0 Å². The number of hydrogen-bond acceptors (Lipinski definition) is 3. The molecule has 2 amide bonds. The van der Waals surface area contributed by atoms with Crippen LogP contribution in [0.5, 0.6) is 0 Å². The molecule has 2 aromatic heterocycles. The third kappa shape index (κ3) is 4.89. The van der Waals surface area contributed by atoms with Crippen LogP contribution < -0.4 is 16.2 Å². The Hall–Kier alpha value is -4.14. The molecule has 0 unspecified atom stereocenters. The Morgan fingerprint density at radius 1 is 0.886 bits per heavy atom. The summed E-state index contributed by atoms with van der Waals surface area (Å²) in [5, 5.41) is 5.85. The monoisotopic (exact) mass is 480 g/mol. The van der Waals surface area contributed by atoms with E-state index in [2.05, 4.69) is 15.6 Å². The summed E-state index contributed by atoms with van der Waals surface area (Å²) in [4.78, 5) is 29.9. The number of fused-ring (bicyclic) bond motifs is 1. The molecular formula is C26H23F3N4O2. The van der Waals surface area contributed by atoms with Crippen LogP contribution in [0, 0.1) is 20.8 Å². The fraction of sp³-hybridized carbons (Fsp3) is 0.192. The Morgan fingerprint density at radius 3 is 2.17 bits per heavy atom. The Labute approximate surface area is 199 Å². The standard InChI is InChI=1S/C26H23F3N4O2/c1-14-5-7-18(31-25(35)32-19-8-6-15(2)22(12-19)26(27,28)29)11-20(14)21-10-17-13-30-16(3)9-23(17)33(4)24(21)34/h5-13H,1-4H3,(H2,31,32,35). The van der Waals surface area contributed by atoms with Gasteiger partial charge >= 0.3 is 12.2 Å². The zero-order valence-electron chi connectivity index (χ0n) is 19.5. The van der Waals surface area contributed by atoms with E-state index >= 15 is 0 Å².